The van der Waals surface area contributed by atoms with Gasteiger partial charge in [0.1, 0.15) is 15.5 Å². The second kappa shape index (κ2) is 5.19. The van der Waals surface area contributed by atoms with Gasteiger partial charge in [-0.25, -0.2) is 13.4 Å². The molecule has 3 rings (SSSR count). The summed E-state index contributed by atoms with van der Waals surface area (Å²) in [7, 11) is -3.31. The molecule has 0 spiro atoms. The van der Waals surface area contributed by atoms with Crippen molar-refractivity contribution >= 4 is 37.2 Å². The third kappa shape index (κ3) is 2.49. The van der Waals surface area contributed by atoms with E-state index in [1.807, 2.05) is 0 Å². The fourth-order valence-electron chi connectivity index (χ4n) is 2.06. The Bertz CT molecular complexity index is 972. The number of nitrogens with zero attached hydrogens (tertiary/aromatic N) is 1. The van der Waals surface area contributed by atoms with Gasteiger partial charge in [-0.2, -0.15) is 0 Å². The van der Waals surface area contributed by atoms with Gasteiger partial charge in [0, 0.05) is 18.0 Å². The molecule has 0 amide bonds. The maximum atomic E-state index is 12.5. The Morgan fingerprint density at radius 2 is 1.86 bits per heavy atom. The van der Waals surface area contributed by atoms with Crippen LogP contribution >= 0.6 is 11.3 Å². The number of aromatic hydroxyl groups is 1. The van der Waals surface area contributed by atoms with Crippen LogP contribution in [-0.4, -0.2) is 30.5 Å². The van der Waals surface area contributed by atoms with Crippen LogP contribution in [0.3, 0.4) is 0 Å². The number of aromatic nitrogens is 1. The van der Waals surface area contributed by atoms with Crippen LogP contribution in [-0.2, 0) is 9.84 Å². The van der Waals surface area contributed by atoms with Crippen molar-refractivity contribution in [2.45, 2.75) is 4.90 Å². The molecule has 2 aromatic heterocycles. The molecule has 0 saturated carbocycles. The number of pyridine rings is 1. The van der Waals surface area contributed by atoms with Gasteiger partial charge in [0.05, 0.1) is 10.3 Å². The van der Waals surface area contributed by atoms with Gasteiger partial charge in [-0.05, 0) is 36.4 Å². The molecule has 1 aromatic carbocycles. The minimum Gasteiger partial charge on any atom is -0.506 e. The number of benzene rings is 1. The first kappa shape index (κ1) is 14.7. The van der Waals surface area contributed by atoms with E-state index in [2.05, 4.69) is 4.98 Å². The van der Waals surface area contributed by atoms with Gasteiger partial charge in [-0.1, -0.05) is 0 Å². The first-order valence-electron chi connectivity index (χ1n) is 6.29. The van der Waals surface area contributed by atoms with Crippen molar-refractivity contribution in [2.24, 2.45) is 0 Å². The normalized spacial score (nSPS) is 11.7. The summed E-state index contributed by atoms with van der Waals surface area (Å²) in [6.45, 7) is 0. The summed E-state index contributed by atoms with van der Waals surface area (Å²) in [6.07, 6.45) is 2.70. The van der Waals surface area contributed by atoms with Crippen LogP contribution in [0.15, 0.2) is 47.5 Å². The zero-order valence-electron chi connectivity index (χ0n) is 11.5. The van der Waals surface area contributed by atoms with Gasteiger partial charge in [0.15, 0.2) is 9.84 Å². The summed E-state index contributed by atoms with van der Waals surface area (Å²) < 4.78 is 22.8. The molecule has 0 bridgehead atoms. The lowest BCUT2D eigenvalue weighted by Gasteiger charge is -2.01. The summed E-state index contributed by atoms with van der Waals surface area (Å²) >= 11 is 1.11. The van der Waals surface area contributed by atoms with Crippen LogP contribution in [0, 0.1) is 0 Å². The maximum Gasteiger partial charge on any atom is 0.206 e. The molecule has 1 N–H and O–H groups in total. The molecule has 7 heteroatoms. The topological polar surface area (TPSA) is 84.3 Å². The van der Waals surface area contributed by atoms with E-state index in [0.29, 0.717) is 15.8 Å². The number of carbonyl (C=O) groups is 1. The molecule has 0 aliphatic rings. The Balaban J connectivity index is 2.04. The number of sulfone groups is 1. The average molecular weight is 333 g/mol. The molecule has 0 fully saturated rings. The van der Waals surface area contributed by atoms with Gasteiger partial charge in [0.25, 0.3) is 0 Å². The summed E-state index contributed by atoms with van der Waals surface area (Å²) in [5.41, 5.74) is 0.314. The highest BCUT2D eigenvalue weighted by molar-refractivity contribution is 7.90. The lowest BCUT2D eigenvalue weighted by Crippen LogP contribution is -2.01. The van der Waals surface area contributed by atoms with Gasteiger partial charge in [-0.3, -0.25) is 4.79 Å². The lowest BCUT2D eigenvalue weighted by atomic mass is 10.1. The Kier molecular flexibility index (Phi) is 3.46. The monoisotopic (exact) mass is 333 g/mol. The molecular formula is C15H11NO4S2. The molecule has 0 aliphatic carbocycles. The Hall–Kier alpha value is -2.25. The standard InChI is InChI=1S/C15H11NO4S2/c1-22(19,20)10-6-4-9(5-7-10)12(17)14-13(18)11-3-2-8-16-15(11)21-14/h2-8,18H,1H3. The molecule has 3 aromatic rings. The number of thiophene rings is 1. The van der Waals surface area contributed by atoms with Crippen LogP contribution in [0.1, 0.15) is 15.2 Å². The van der Waals surface area contributed by atoms with Crippen LogP contribution < -0.4 is 0 Å². The predicted molar refractivity (Wildman–Crippen MR) is 84.3 cm³/mol. The maximum absolute atomic E-state index is 12.5. The van der Waals surface area contributed by atoms with E-state index >= 15 is 0 Å². The van der Waals surface area contributed by atoms with Crippen LogP contribution in [0.4, 0.5) is 0 Å². The summed E-state index contributed by atoms with van der Waals surface area (Å²) in [5, 5.41) is 10.7. The fourth-order valence-corrected chi connectivity index (χ4v) is 3.69. The first-order chi connectivity index (χ1) is 10.4. The predicted octanol–water partition coefficient (Wildman–Crippen LogP) is 2.64. The van der Waals surface area contributed by atoms with Crippen molar-refractivity contribution in [1.29, 1.82) is 0 Å². The van der Waals surface area contributed by atoms with Crippen molar-refractivity contribution in [2.75, 3.05) is 6.26 Å². The molecule has 2 heterocycles. The van der Waals surface area contributed by atoms with Crippen LogP contribution in [0.25, 0.3) is 10.2 Å². The van der Waals surface area contributed by atoms with Gasteiger partial charge < -0.3 is 5.11 Å². The van der Waals surface area contributed by atoms with Crippen LogP contribution in [0.2, 0.25) is 0 Å². The van der Waals surface area contributed by atoms with Gasteiger partial charge in [-0.15, -0.1) is 11.3 Å². The number of hydrogen-bond acceptors (Lipinski definition) is 6. The minimum absolute atomic E-state index is 0.0923. The molecule has 0 atom stereocenters. The summed E-state index contributed by atoms with van der Waals surface area (Å²) in [4.78, 5) is 17.5. The van der Waals surface area contributed by atoms with E-state index in [-0.39, 0.29) is 21.3 Å². The van der Waals surface area contributed by atoms with E-state index < -0.39 is 9.84 Å². The van der Waals surface area contributed by atoms with E-state index in [0.717, 1.165) is 17.6 Å². The molecule has 0 unspecified atom stereocenters. The van der Waals surface area contributed by atoms with Crippen molar-refractivity contribution in [3.05, 3.63) is 53.0 Å². The number of fused-ring (bicyclic) bond motifs is 1. The zero-order chi connectivity index (χ0) is 15.9. The smallest absolute Gasteiger partial charge is 0.206 e. The Morgan fingerprint density at radius 3 is 2.45 bits per heavy atom. The quantitative estimate of drug-likeness (QED) is 0.745. The van der Waals surface area contributed by atoms with Gasteiger partial charge >= 0.3 is 0 Å². The lowest BCUT2D eigenvalue weighted by molar-refractivity contribution is 0.104. The third-order valence-electron chi connectivity index (χ3n) is 3.19. The highest BCUT2D eigenvalue weighted by Gasteiger charge is 2.20. The van der Waals surface area contributed by atoms with Crippen LogP contribution in [0.5, 0.6) is 5.75 Å². The Labute approximate surface area is 130 Å². The number of carbonyl (C=O) groups excluding carboxylic acids is 1. The average Bonchev–Trinajstić information content (AvgIpc) is 2.83. The van der Waals surface area contributed by atoms with Crippen molar-refractivity contribution in [1.82, 2.24) is 4.98 Å². The minimum atomic E-state index is -3.31. The number of rotatable bonds is 3. The van der Waals surface area contributed by atoms with E-state index in [4.69, 9.17) is 0 Å². The first-order valence-corrected chi connectivity index (χ1v) is 9.00. The number of hydrogen-bond donors (Lipinski definition) is 1. The Morgan fingerprint density at radius 1 is 1.18 bits per heavy atom. The molecule has 5 nitrogen and oxygen atoms in total. The largest absolute Gasteiger partial charge is 0.506 e. The second-order valence-corrected chi connectivity index (χ2v) is 7.78. The summed E-state index contributed by atoms with van der Waals surface area (Å²) in [6, 6.07) is 9.02. The van der Waals surface area contributed by atoms with Gasteiger partial charge in [0.2, 0.25) is 5.78 Å². The number of ketones is 1. The summed E-state index contributed by atoms with van der Waals surface area (Å²) in [5.74, 6) is -0.453. The zero-order valence-corrected chi connectivity index (χ0v) is 13.1. The molecule has 22 heavy (non-hydrogen) atoms. The molecule has 0 radical (unpaired) electrons. The molecular weight excluding hydrogens is 322 g/mol. The molecule has 0 aliphatic heterocycles. The van der Waals surface area contributed by atoms with Crippen molar-refractivity contribution in [3.8, 4) is 5.75 Å². The van der Waals surface area contributed by atoms with E-state index in [1.165, 1.54) is 24.3 Å². The third-order valence-corrected chi connectivity index (χ3v) is 5.42. The van der Waals surface area contributed by atoms with Crippen molar-refractivity contribution < 1.29 is 18.3 Å². The van der Waals surface area contributed by atoms with E-state index in [9.17, 15) is 18.3 Å². The SMILES string of the molecule is CS(=O)(=O)c1ccc(C(=O)c2sc3ncccc3c2O)cc1. The fraction of sp³-hybridized carbons (Fsp3) is 0.0667. The van der Waals surface area contributed by atoms with E-state index in [1.54, 1.807) is 18.3 Å². The molecule has 112 valence electrons. The highest BCUT2D eigenvalue weighted by Crippen LogP contribution is 2.36. The van der Waals surface area contributed by atoms with Crippen molar-refractivity contribution in [3.63, 3.8) is 0 Å². The highest BCUT2D eigenvalue weighted by atomic mass is 32.2. The molecule has 0 saturated heterocycles. The second-order valence-electron chi connectivity index (χ2n) is 4.76.